The van der Waals surface area contributed by atoms with E-state index in [-0.39, 0.29) is 17.5 Å². The van der Waals surface area contributed by atoms with Gasteiger partial charge in [-0.1, -0.05) is 0 Å². The second-order valence-corrected chi connectivity index (χ2v) is 6.31. The highest BCUT2D eigenvalue weighted by molar-refractivity contribution is 7.89. The first-order valence-electron chi connectivity index (χ1n) is 5.88. The van der Waals surface area contributed by atoms with Crippen LogP contribution in [0.2, 0.25) is 0 Å². The maximum absolute atomic E-state index is 12.2. The number of sulfonamides is 1. The van der Waals surface area contributed by atoms with Crippen molar-refractivity contribution in [2.24, 2.45) is 5.84 Å². The molecule has 0 radical (unpaired) electrons. The Morgan fingerprint density at radius 2 is 2.16 bits per heavy atom. The van der Waals surface area contributed by atoms with E-state index in [0.29, 0.717) is 12.4 Å². The Hall–Kier alpha value is -1.22. The van der Waals surface area contributed by atoms with Gasteiger partial charge in [0, 0.05) is 19.8 Å². The van der Waals surface area contributed by atoms with Crippen LogP contribution in [0.5, 0.6) is 0 Å². The Balaban J connectivity index is 2.72. The van der Waals surface area contributed by atoms with Gasteiger partial charge in [-0.05, 0) is 26.0 Å². The molecule has 0 aliphatic carbocycles. The van der Waals surface area contributed by atoms with Gasteiger partial charge in [-0.3, -0.25) is 0 Å². The number of aromatic nitrogens is 1. The lowest BCUT2D eigenvalue weighted by Crippen LogP contribution is -2.31. The molecule has 0 aromatic carbocycles. The number of nitrogen functional groups attached to an aromatic ring is 1. The van der Waals surface area contributed by atoms with Crippen molar-refractivity contribution in [1.82, 2.24) is 9.29 Å². The molecule has 7 nitrogen and oxygen atoms in total. The van der Waals surface area contributed by atoms with Gasteiger partial charge in [0.25, 0.3) is 0 Å². The third kappa shape index (κ3) is 4.43. The van der Waals surface area contributed by atoms with E-state index < -0.39 is 10.0 Å². The van der Waals surface area contributed by atoms with Crippen LogP contribution in [-0.2, 0) is 14.8 Å². The van der Waals surface area contributed by atoms with E-state index in [2.05, 4.69) is 10.4 Å². The summed E-state index contributed by atoms with van der Waals surface area (Å²) >= 11 is 0. The Labute approximate surface area is 113 Å². The molecule has 1 aromatic heterocycles. The maximum atomic E-state index is 12.2. The molecule has 8 heteroatoms. The van der Waals surface area contributed by atoms with Gasteiger partial charge in [0.05, 0.1) is 12.7 Å². The Bertz CT molecular complexity index is 487. The van der Waals surface area contributed by atoms with Crippen molar-refractivity contribution in [1.29, 1.82) is 0 Å². The van der Waals surface area contributed by atoms with Crippen LogP contribution in [0.25, 0.3) is 0 Å². The molecule has 1 aromatic rings. The molecule has 0 saturated heterocycles. The first-order valence-corrected chi connectivity index (χ1v) is 7.32. The molecular formula is C11H20N4O3S. The summed E-state index contributed by atoms with van der Waals surface area (Å²) in [4.78, 5) is 4.00. The lowest BCUT2D eigenvalue weighted by atomic mass is 10.5. The average Bonchev–Trinajstić information content (AvgIpc) is 2.38. The van der Waals surface area contributed by atoms with Gasteiger partial charge in [0.15, 0.2) is 0 Å². The Morgan fingerprint density at radius 1 is 1.47 bits per heavy atom. The predicted octanol–water partition coefficient (Wildman–Crippen LogP) is 0.413. The van der Waals surface area contributed by atoms with Gasteiger partial charge >= 0.3 is 0 Å². The molecule has 3 N–H and O–H groups in total. The third-order valence-electron chi connectivity index (χ3n) is 2.45. The van der Waals surface area contributed by atoms with Crippen molar-refractivity contribution in [2.75, 3.05) is 25.6 Å². The van der Waals surface area contributed by atoms with Crippen molar-refractivity contribution in [3.8, 4) is 0 Å². The fourth-order valence-corrected chi connectivity index (χ4v) is 2.44. The summed E-state index contributed by atoms with van der Waals surface area (Å²) in [6.07, 6.45) is 1.34. The summed E-state index contributed by atoms with van der Waals surface area (Å²) in [5.74, 6) is 5.58. The van der Waals surface area contributed by atoms with Crippen LogP contribution >= 0.6 is 0 Å². The lowest BCUT2D eigenvalue weighted by Gasteiger charge is -2.18. The fraction of sp³-hybridized carbons (Fsp3) is 0.545. The standard InChI is InChI=1S/C11H20N4O3S/c1-9(2)18-7-6-15(3)19(16,17)10-4-5-11(14-12)13-8-10/h4-5,8-9H,6-7,12H2,1-3H3,(H,13,14). The van der Waals surface area contributed by atoms with Gasteiger partial charge < -0.3 is 10.2 Å². The van der Waals surface area contributed by atoms with Crippen LogP contribution in [0.3, 0.4) is 0 Å². The van der Waals surface area contributed by atoms with Crippen molar-refractivity contribution in [3.05, 3.63) is 18.3 Å². The zero-order valence-electron chi connectivity index (χ0n) is 11.3. The number of anilines is 1. The number of hydrazine groups is 1. The van der Waals surface area contributed by atoms with Crippen molar-refractivity contribution in [3.63, 3.8) is 0 Å². The molecule has 19 heavy (non-hydrogen) atoms. The summed E-state index contributed by atoms with van der Waals surface area (Å²) < 4.78 is 30.9. The van der Waals surface area contributed by atoms with Crippen LogP contribution in [0.1, 0.15) is 13.8 Å². The van der Waals surface area contributed by atoms with E-state index in [4.69, 9.17) is 10.6 Å². The molecule has 0 fully saturated rings. The number of nitrogens with zero attached hydrogens (tertiary/aromatic N) is 2. The van der Waals surface area contributed by atoms with Crippen molar-refractivity contribution < 1.29 is 13.2 Å². The van der Waals surface area contributed by atoms with Crippen LogP contribution in [-0.4, -0.2) is 44.0 Å². The molecule has 1 heterocycles. The van der Waals surface area contributed by atoms with Crippen LogP contribution in [0.4, 0.5) is 5.82 Å². The summed E-state index contributed by atoms with van der Waals surface area (Å²) in [6.45, 7) is 4.44. The zero-order valence-corrected chi connectivity index (χ0v) is 12.1. The van der Waals surface area contributed by atoms with Crippen molar-refractivity contribution in [2.45, 2.75) is 24.8 Å². The van der Waals surface area contributed by atoms with Crippen LogP contribution < -0.4 is 11.3 Å². The average molecular weight is 288 g/mol. The maximum Gasteiger partial charge on any atom is 0.244 e. The predicted molar refractivity (Wildman–Crippen MR) is 73.0 cm³/mol. The number of hydrogen-bond acceptors (Lipinski definition) is 6. The lowest BCUT2D eigenvalue weighted by molar-refractivity contribution is 0.0737. The van der Waals surface area contributed by atoms with Crippen molar-refractivity contribution >= 4 is 15.8 Å². The van der Waals surface area contributed by atoms with E-state index in [1.54, 1.807) is 0 Å². The minimum absolute atomic E-state index is 0.0766. The molecule has 0 atom stereocenters. The summed E-state index contributed by atoms with van der Waals surface area (Å²) in [6, 6.07) is 2.96. The van der Waals surface area contributed by atoms with Gasteiger partial charge in [-0.25, -0.2) is 19.2 Å². The van der Waals surface area contributed by atoms with E-state index in [9.17, 15) is 8.42 Å². The zero-order chi connectivity index (χ0) is 14.5. The van der Waals surface area contributed by atoms with Gasteiger partial charge in [0.1, 0.15) is 10.7 Å². The molecular weight excluding hydrogens is 268 g/mol. The largest absolute Gasteiger partial charge is 0.377 e. The molecule has 0 bridgehead atoms. The monoisotopic (exact) mass is 288 g/mol. The minimum atomic E-state index is -3.54. The van der Waals surface area contributed by atoms with Crippen LogP contribution in [0.15, 0.2) is 23.2 Å². The van der Waals surface area contributed by atoms with E-state index in [1.165, 1.54) is 29.7 Å². The summed E-state index contributed by atoms with van der Waals surface area (Å²) in [7, 11) is -2.03. The number of hydrogen-bond donors (Lipinski definition) is 2. The smallest absolute Gasteiger partial charge is 0.244 e. The molecule has 0 aliphatic heterocycles. The number of likely N-dealkylation sites (N-methyl/N-ethyl adjacent to an activating group) is 1. The SMILES string of the molecule is CC(C)OCCN(C)S(=O)(=O)c1ccc(NN)nc1. The molecule has 0 saturated carbocycles. The Kier molecular flexibility index (Phi) is 5.67. The highest BCUT2D eigenvalue weighted by Crippen LogP contribution is 2.14. The topological polar surface area (TPSA) is 97.5 Å². The quantitative estimate of drug-likeness (QED) is 0.557. The molecule has 0 spiro atoms. The molecule has 0 unspecified atom stereocenters. The summed E-state index contributed by atoms with van der Waals surface area (Å²) in [5, 5.41) is 0. The first kappa shape index (κ1) is 15.8. The second kappa shape index (κ2) is 6.80. The number of nitrogens with two attached hydrogens (primary N) is 1. The third-order valence-corrected chi connectivity index (χ3v) is 4.29. The Morgan fingerprint density at radius 3 is 2.63 bits per heavy atom. The fourth-order valence-electron chi connectivity index (χ4n) is 1.34. The number of pyridine rings is 1. The molecule has 0 amide bonds. The van der Waals surface area contributed by atoms with Crippen LogP contribution in [0, 0.1) is 0 Å². The van der Waals surface area contributed by atoms with Gasteiger partial charge in [-0.15, -0.1) is 0 Å². The first-order chi connectivity index (χ1) is 8.87. The minimum Gasteiger partial charge on any atom is -0.377 e. The van der Waals surface area contributed by atoms with E-state index in [1.807, 2.05) is 13.8 Å². The van der Waals surface area contributed by atoms with E-state index >= 15 is 0 Å². The summed E-state index contributed by atoms with van der Waals surface area (Å²) in [5.41, 5.74) is 2.34. The van der Waals surface area contributed by atoms with Gasteiger partial charge in [0.2, 0.25) is 10.0 Å². The highest BCUT2D eigenvalue weighted by Gasteiger charge is 2.20. The van der Waals surface area contributed by atoms with E-state index in [0.717, 1.165) is 0 Å². The number of rotatable bonds is 7. The molecule has 0 aliphatic rings. The number of ether oxygens (including phenoxy) is 1. The molecule has 1 rings (SSSR count). The second-order valence-electron chi connectivity index (χ2n) is 4.27. The molecule has 108 valence electrons. The highest BCUT2D eigenvalue weighted by atomic mass is 32.2. The number of nitrogens with one attached hydrogen (secondary N) is 1. The normalized spacial score (nSPS) is 12.1. The van der Waals surface area contributed by atoms with Gasteiger partial charge in [-0.2, -0.15) is 4.31 Å².